The zero-order valence-electron chi connectivity index (χ0n) is 19.5. The minimum absolute atomic E-state index is 0.0179. The molecule has 2 aromatic rings. The minimum Gasteiger partial charge on any atom is -0.352 e. The highest BCUT2D eigenvalue weighted by atomic mass is 32.1. The third-order valence-electron chi connectivity index (χ3n) is 6.99. The van der Waals surface area contributed by atoms with Gasteiger partial charge in [0.15, 0.2) is 0 Å². The molecule has 2 aliphatic carbocycles. The Balaban J connectivity index is 1.30. The van der Waals surface area contributed by atoms with Crippen molar-refractivity contribution in [3.63, 3.8) is 0 Å². The second kappa shape index (κ2) is 9.84. The minimum atomic E-state index is -0.249. The van der Waals surface area contributed by atoms with Gasteiger partial charge in [0.05, 0.1) is 17.2 Å². The molecule has 180 valence electrons. The number of nitrogens with one attached hydrogen (secondary N) is 2. The van der Waals surface area contributed by atoms with E-state index in [0.29, 0.717) is 48.3 Å². The molecule has 3 aliphatic rings. The van der Waals surface area contributed by atoms with E-state index in [2.05, 4.69) is 20.5 Å². The van der Waals surface area contributed by atoms with Gasteiger partial charge in [-0.2, -0.15) is 0 Å². The number of carbonyl (C=O) groups is 3. The Morgan fingerprint density at radius 2 is 1.88 bits per heavy atom. The number of nitrogens with zero attached hydrogens (tertiary/aromatic N) is 3. The van der Waals surface area contributed by atoms with E-state index in [1.165, 1.54) is 22.4 Å². The molecule has 2 fully saturated rings. The van der Waals surface area contributed by atoms with Gasteiger partial charge in [-0.15, -0.1) is 11.3 Å². The average molecular weight is 482 g/mol. The molecule has 0 bridgehead atoms. The van der Waals surface area contributed by atoms with E-state index in [-0.39, 0.29) is 23.8 Å². The van der Waals surface area contributed by atoms with Crippen LogP contribution in [0.5, 0.6) is 0 Å². The van der Waals surface area contributed by atoms with E-state index < -0.39 is 0 Å². The molecule has 1 atom stereocenters. The van der Waals surface area contributed by atoms with Gasteiger partial charge in [-0.05, 0) is 63.1 Å². The van der Waals surface area contributed by atoms with Crippen molar-refractivity contribution in [1.82, 2.24) is 20.1 Å². The molecule has 9 heteroatoms. The van der Waals surface area contributed by atoms with Crippen LogP contribution in [0.2, 0.25) is 0 Å². The van der Waals surface area contributed by atoms with Gasteiger partial charge in [0.2, 0.25) is 5.91 Å². The fourth-order valence-electron chi connectivity index (χ4n) is 4.74. The monoisotopic (exact) mass is 481 g/mol. The van der Waals surface area contributed by atoms with Crippen LogP contribution in [-0.2, 0) is 17.6 Å². The second-order valence-corrected chi connectivity index (χ2v) is 10.5. The van der Waals surface area contributed by atoms with Crippen molar-refractivity contribution in [2.24, 2.45) is 0 Å². The number of pyridine rings is 1. The van der Waals surface area contributed by atoms with Crippen LogP contribution in [-0.4, -0.2) is 70.8 Å². The molecule has 8 nitrogen and oxygen atoms in total. The van der Waals surface area contributed by atoms with Gasteiger partial charge in [-0.25, -0.2) is 0 Å². The lowest BCUT2D eigenvalue weighted by molar-refractivity contribution is -0.126. The third-order valence-corrected chi connectivity index (χ3v) is 8.20. The Hall–Kier alpha value is -2.78. The summed E-state index contributed by atoms with van der Waals surface area (Å²) in [5, 5.41) is 6.72. The molecular weight excluding hydrogens is 450 g/mol. The van der Waals surface area contributed by atoms with Gasteiger partial charge < -0.3 is 15.5 Å². The van der Waals surface area contributed by atoms with E-state index in [0.717, 1.165) is 44.1 Å². The lowest BCUT2D eigenvalue weighted by Crippen LogP contribution is -2.55. The van der Waals surface area contributed by atoms with Gasteiger partial charge in [0.1, 0.15) is 5.00 Å². The van der Waals surface area contributed by atoms with E-state index in [1.807, 2.05) is 11.8 Å². The summed E-state index contributed by atoms with van der Waals surface area (Å²) in [5.41, 5.74) is 2.23. The van der Waals surface area contributed by atoms with Gasteiger partial charge in [0, 0.05) is 49.5 Å². The van der Waals surface area contributed by atoms with Crippen LogP contribution in [0.4, 0.5) is 5.00 Å². The molecule has 1 saturated heterocycles. The SMILES string of the molecule is CC(C(=O)NC1CC1)N1CCN(C(=O)c2c(NC(=O)c3cccnc3)sc3c2CCCC3)CC1. The molecular formula is C25H31N5O3S. The van der Waals surface area contributed by atoms with E-state index in [4.69, 9.17) is 0 Å². The average Bonchev–Trinajstić information content (AvgIpc) is 3.61. The molecule has 0 radical (unpaired) electrons. The quantitative estimate of drug-likeness (QED) is 0.662. The molecule has 1 unspecified atom stereocenters. The first kappa shape index (κ1) is 23.0. The van der Waals surface area contributed by atoms with Gasteiger partial charge in [-0.1, -0.05) is 0 Å². The van der Waals surface area contributed by atoms with Gasteiger partial charge >= 0.3 is 0 Å². The number of thiophene rings is 1. The van der Waals surface area contributed by atoms with Gasteiger partial charge in [0.25, 0.3) is 11.8 Å². The highest BCUT2D eigenvalue weighted by Crippen LogP contribution is 2.39. The number of fused-ring (bicyclic) bond motifs is 1. The maximum atomic E-state index is 13.7. The molecule has 0 spiro atoms. The number of hydrogen-bond acceptors (Lipinski definition) is 6. The fraction of sp³-hybridized carbons (Fsp3) is 0.520. The van der Waals surface area contributed by atoms with Crippen LogP contribution in [0, 0.1) is 0 Å². The second-order valence-electron chi connectivity index (χ2n) is 9.40. The van der Waals surface area contributed by atoms with Crippen LogP contribution >= 0.6 is 11.3 Å². The number of aryl methyl sites for hydroxylation is 1. The van der Waals surface area contributed by atoms with E-state index in [1.54, 1.807) is 18.3 Å². The van der Waals surface area contributed by atoms with Crippen LogP contribution in [0.3, 0.4) is 0 Å². The highest BCUT2D eigenvalue weighted by Gasteiger charge is 2.34. The van der Waals surface area contributed by atoms with E-state index >= 15 is 0 Å². The molecule has 34 heavy (non-hydrogen) atoms. The van der Waals surface area contributed by atoms with Crippen molar-refractivity contribution in [2.75, 3.05) is 31.5 Å². The Kier molecular flexibility index (Phi) is 6.65. The van der Waals surface area contributed by atoms with Crippen molar-refractivity contribution in [1.29, 1.82) is 0 Å². The zero-order valence-corrected chi connectivity index (χ0v) is 20.3. The van der Waals surface area contributed by atoms with Crippen molar-refractivity contribution in [3.05, 3.63) is 46.1 Å². The van der Waals surface area contributed by atoms with Crippen molar-refractivity contribution in [3.8, 4) is 0 Å². The maximum absolute atomic E-state index is 13.7. The maximum Gasteiger partial charge on any atom is 0.257 e. The summed E-state index contributed by atoms with van der Waals surface area (Å²) < 4.78 is 0. The Bertz CT molecular complexity index is 1070. The summed E-state index contributed by atoms with van der Waals surface area (Å²) in [4.78, 5) is 48.2. The van der Waals surface area contributed by atoms with Gasteiger partial charge in [-0.3, -0.25) is 24.3 Å². The topological polar surface area (TPSA) is 94.6 Å². The fourth-order valence-corrected chi connectivity index (χ4v) is 6.01. The summed E-state index contributed by atoms with van der Waals surface area (Å²) in [5.74, 6) is -0.189. The molecule has 2 N–H and O–H groups in total. The van der Waals surface area contributed by atoms with Crippen molar-refractivity contribution >= 4 is 34.1 Å². The number of amides is 3. The highest BCUT2D eigenvalue weighted by molar-refractivity contribution is 7.17. The lowest BCUT2D eigenvalue weighted by Gasteiger charge is -2.37. The summed E-state index contributed by atoms with van der Waals surface area (Å²) in [7, 11) is 0. The molecule has 3 amide bonds. The number of carbonyl (C=O) groups excluding carboxylic acids is 3. The first-order valence-corrected chi connectivity index (χ1v) is 13.0. The predicted molar refractivity (Wildman–Crippen MR) is 131 cm³/mol. The zero-order chi connectivity index (χ0) is 23.7. The molecule has 0 aromatic carbocycles. The van der Waals surface area contributed by atoms with Crippen LogP contribution in [0.25, 0.3) is 0 Å². The van der Waals surface area contributed by atoms with Crippen LogP contribution < -0.4 is 10.6 Å². The summed E-state index contributed by atoms with van der Waals surface area (Å²) >= 11 is 1.53. The normalized spacial score (nSPS) is 19.3. The molecule has 1 saturated carbocycles. The third kappa shape index (κ3) is 4.86. The summed E-state index contributed by atoms with van der Waals surface area (Å²) in [6, 6.07) is 3.60. The number of aromatic nitrogens is 1. The van der Waals surface area contributed by atoms with Crippen LogP contribution in [0.15, 0.2) is 24.5 Å². The molecule has 1 aliphatic heterocycles. The number of piperazine rings is 1. The Morgan fingerprint density at radius 1 is 1.12 bits per heavy atom. The Labute approximate surface area is 203 Å². The standard InChI is InChI=1S/C25H31N5O3S/c1-16(22(31)27-18-8-9-18)29-11-13-30(14-12-29)25(33)21-19-6-2-3-7-20(19)34-24(21)28-23(32)17-5-4-10-26-15-17/h4-5,10,15-16,18H,2-3,6-9,11-14H2,1H3,(H,27,31)(H,28,32). The Morgan fingerprint density at radius 3 is 2.59 bits per heavy atom. The summed E-state index contributed by atoms with van der Waals surface area (Å²) in [6.07, 6.45) is 9.29. The smallest absolute Gasteiger partial charge is 0.257 e. The number of hydrogen-bond donors (Lipinski definition) is 2. The van der Waals surface area contributed by atoms with Crippen molar-refractivity contribution in [2.45, 2.75) is 57.5 Å². The first-order valence-electron chi connectivity index (χ1n) is 12.2. The molecule has 2 aromatic heterocycles. The summed E-state index contributed by atoms with van der Waals surface area (Å²) in [6.45, 7) is 4.40. The number of anilines is 1. The largest absolute Gasteiger partial charge is 0.352 e. The predicted octanol–water partition coefficient (Wildman–Crippen LogP) is 2.70. The first-order chi connectivity index (χ1) is 16.5. The molecule has 5 rings (SSSR count). The number of rotatable bonds is 6. The molecule has 3 heterocycles. The van der Waals surface area contributed by atoms with Crippen molar-refractivity contribution < 1.29 is 14.4 Å². The van der Waals surface area contributed by atoms with E-state index in [9.17, 15) is 14.4 Å². The van der Waals surface area contributed by atoms with Crippen LogP contribution in [0.1, 0.15) is 63.8 Å². The lowest BCUT2D eigenvalue weighted by atomic mass is 9.95.